The Labute approximate surface area is 109 Å². The third-order valence-corrected chi connectivity index (χ3v) is 3.98. The van der Waals surface area contributed by atoms with Gasteiger partial charge in [0.2, 0.25) is 0 Å². The van der Waals surface area contributed by atoms with E-state index in [9.17, 15) is 4.39 Å². The quantitative estimate of drug-likeness (QED) is 0.928. The fraction of sp³-hybridized carbons (Fsp3) is 0.538. The predicted octanol–water partition coefficient (Wildman–Crippen LogP) is 3.40. The lowest BCUT2D eigenvalue weighted by Gasteiger charge is -2.25. The molecule has 1 heterocycles. The van der Waals surface area contributed by atoms with Crippen molar-refractivity contribution in [3.63, 3.8) is 0 Å². The van der Waals surface area contributed by atoms with Gasteiger partial charge in [-0.2, -0.15) is 0 Å². The van der Waals surface area contributed by atoms with Crippen LogP contribution in [0, 0.1) is 11.7 Å². The zero-order chi connectivity index (χ0) is 12.3. The molecule has 1 aliphatic rings. The lowest BCUT2D eigenvalue weighted by atomic mass is 9.90. The molecule has 2 N–H and O–H groups in total. The summed E-state index contributed by atoms with van der Waals surface area (Å²) in [6, 6.07) is 4.67. The van der Waals surface area contributed by atoms with Gasteiger partial charge in [-0.15, -0.1) is 0 Å². The highest BCUT2D eigenvalue weighted by Crippen LogP contribution is 2.30. The van der Waals surface area contributed by atoms with E-state index in [4.69, 9.17) is 10.5 Å². The van der Waals surface area contributed by atoms with E-state index in [1.54, 1.807) is 6.07 Å². The van der Waals surface area contributed by atoms with Crippen molar-refractivity contribution in [3.05, 3.63) is 34.1 Å². The number of benzene rings is 1. The molecule has 1 aliphatic heterocycles. The van der Waals surface area contributed by atoms with Gasteiger partial charge >= 0.3 is 0 Å². The van der Waals surface area contributed by atoms with E-state index < -0.39 is 0 Å². The minimum atomic E-state index is -0.237. The fourth-order valence-electron chi connectivity index (χ4n) is 2.27. The molecule has 1 saturated heterocycles. The van der Waals surface area contributed by atoms with Gasteiger partial charge in [-0.25, -0.2) is 4.39 Å². The standard InChI is InChI=1S/C13H17BrFNO/c14-12-8-10(15)1-2-11(12)13(16)7-9-3-5-17-6-4-9/h1-2,8-9,13H,3-7,16H2. The summed E-state index contributed by atoms with van der Waals surface area (Å²) in [5.74, 6) is 0.384. The average molecular weight is 302 g/mol. The molecule has 1 fully saturated rings. The Morgan fingerprint density at radius 1 is 1.41 bits per heavy atom. The third-order valence-electron chi connectivity index (χ3n) is 3.29. The van der Waals surface area contributed by atoms with Crippen LogP contribution >= 0.6 is 15.9 Å². The van der Waals surface area contributed by atoms with Gasteiger partial charge in [-0.3, -0.25) is 0 Å². The van der Waals surface area contributed by atoms with Gasteiger partial charge in [-0.1, -0.05) is 22.0 Å². The molecule has 0 radical (unpaired) electrons. The highest BCUT2D eigenvalue weighted by Gasteiger charge is 2.19. The molecule has 1 aromatic carbocycles. The maximum absolute atomic E-state index is 13.0. The van der Waals surface area contributed by atoms with Gasteiger partial charge in [0.1, 0.15) is 5.82 Å². The molecule has 0 spiro atoms. The molecule has 2 nitrogen and oxygen atoms in total. The molecule has 17 heavy (non-hydrogen) atoms. The molecule has 2 rings (SSSR count). The van der Waals surface area contributed by atoms with Gasteiger partial charge in [0.25, 0.3) is 0 Å². The zero-order valence-corrected chi connectivity index (χ0v) is 11.2. The van der Waals surface area contributed by atoms with Crippen molar-refractivity contribution in [2.45, 2.75) is 25.3 Å². The topological polar surface area (TPSA) is 35.2 Å². The lowest BCUT2D eigenvalue weighted by Crippen LogP contribution is -2.21. The summed E-state index contributed by atoms with van der Waals surface area (Å²) in [5, 5.41) is 0. The summed E-state index contributed by atoms with van der Waals surface area (Å²) in [6.07, 6.45) is 3.09. The smallest absolute Gasteiger partial charge is 0.124 e. The van der Waals surface area contributed by atoms with Crippen LogP contribution in [0.4, 0.5) is 4.39 Å². The van der Waals surface area contributed by atoms with E-state index >= 15 is 0 Å². The van der Waals surface area contributed by atoms with E-state index in [0.717, 1.165) is 42.5 Å². The maximum atomic E-state index is 13.0. The second-order valence-electron chi connectivity index (χ2n) is 4.56. The summed E-state index contributed by atoms with van der Waals surface area (Å²) in [4.78, 5) is 0. The Bertz CT molecular complexity index is 380. The Kier molecular flexibility index (Phi) is 4.54. The van der Waals surface area contributed by atoms with Crippen LogP contribution in [0.25, 0.3) is 0 Å². The van der Waals surface area contributed by atoms with Gasteiger partial charge in [-0.05, 0) is 42.9 Å². The van der Waals surface area contributed by atoms with Crippen molar-refractivity contribution in [1.29, 1.82) is 0 Å². The summed E-state index contributed by atoms with van der Waals surface area (Å²) >= 11 is 3.37. The fourth-order valence-corrected chi connectivity index (χ4v) is 2.92. The molecule has 0 aromatic heterocycles. The van der Waals surface area contributed by atoms with Crippen molar-refractivity contribution in [2.75, 3.05) is 13.2 Å². The van der Waals surface area contributed by atoms with Crippen LogP contribution in [0.5, 0.6) is 0 Å². The number of hydrogen-bond acceptors (Lipinski definition) is 2. The molecule has 1 aromatic rings. The van der Waals surface area contributed by atoms with E-state index in [0.29, 0.717) is 5.92 Å². The van der Waals surface area contributed by atoms with Crippen LogP contribution in [-0.4, -0.2) is 13.2 Å². The first kappa shape index (κ1) is 13.0. The zero-order valence-electron chi connectivity index (χ0n) is 9.66. The molecule has 1 atom stereocenters. The number of halogens is 2. The number of hydrogen-bond donors (Lipinski definition) is 1. The van der Waals surface area contributed by atoms with Gasteiger partial charge in [0.15, 0.2) is 0 Å². The molecule has 4 heteroatoms. The minimum absolute atomic E-state index is 0.0342. The van der Waals surface area contributed by atoms with Crippen LogP contribution in [0.1, 0.15) is 30.9 Å². The van der Waals surface area contributed by atoms with E-state index in [1.807, 2.05) is 0 Å². The molecule has 1 unspecified atom stereocenters. The Morgan fingerprint density at radius 3 is 2.76 bits per heavy atom. The predicted molar refractivity (Wildman–Crippen MR) is 69.2 cm³/mol. The largest absolute Gasteiger partial charge is 0.381 e. The number of nitrogens with two attached hydrogens (primary N) is 1. The second kappa shape index (κ2) is 5.94. The van der Waals surface area contributed by atoms with E-state index in [1.165, 1.54) is 12.1 Å². The van der Waals surface area contributed by atoms with Crippen LogP contribution in [-0.2, 0) is 4.74 Å². The monoisotopic (exact) mass is 301 g/mol. The minimum Gasteiger partial charge on any atom is -0.381 e. The van der Waals surface area contributed by atoms with Gasteiger partial charge in [0, 0.05) is 23.7 Å². The van der Waals surface area contributed by atoms with Crippen LogP contribution < -0.4 is 5.73 Å². The molecule has 0 aliphatic carbocycles. The summed E-state index contributed by atoms with van der Waals surface area (Å²) in [6.45, 7) is 1.67. The van der Waals surface area contributed by atoms with Gasteiger partial charge < -0.3 is 10.5 Å². The van der Waals surface area contributed by atoms with Crippen molar-refractivity contribution in [3.8, 4) is 0 Å². The maximum Gasteiger partial charge on any atom is 0.124 e. The van der Waals surface area contributed by atoms with Gasteiger partial charge in [0.05, 0.1) is 0 Å². The van der Waals surface area contributed by atoms with E-state index in [2.05, 4.69) is 15.9 Å². The Hall–Kier alpha value is -0.450. The molecule has 94 valence electrons. The molecule has 0 saturated carbocycles. The highest BCUT2D eigenvalue weighted by atomic mass is 79.9. The van der Waals surface area contributed by atoms with Crippen LogP contribution in [0.3, 0.4) is 0 Å². The van der Waals surface area contributed by atoms with Crippen molar-refractivity contribution in [1.82, 2.24) is 0 Å². The SMILES string of the molecule is NC(CC1CCOCC1)c1ccc(F)cc1Br. The Morgan fingerprint density at radius 2 is 2.12 bits per heavy atom. The second-order valence-corrected chi connectivity index (χ2v) is 5.42. The lowest BCUT2D eigenvalue weighted by molar-refractivity contribution is 0.0618. The summed E-state index contributed by atoms with van der Waals surface area (Å²) in [7, 11) is 0. The molecule has 0 bridgehead atoms. The normalized spacial score (nSPS) is 19.2. The van der Waals surface area contributed by atoms with Crippen molar-refractivity contribution < 1.29 is 9.13 Å². The summed E-state index contributed by atoms with van der Waals surface area (Å²) in [5.41, 5.74) is 7.17. The average Bonchev–Trinajstić information content (AvgIpc) is 2.30. The molecular formula is C13H17BrFNO. The van der Waals surface area contributed by atoms with Crippen LogP contribution in [0.15, 0.2) is 22.7 Å². The summed E-state index contributed by atoms with van der Waals surface area (Å²) < 4.78 is 19.1. The third kappa shape index (κ3) is 3.50. The first-order chi connectivity index (χ1) is 8.16. The first-order valence-electron chi connectivity index (χ1n) is 5.95. The van der Waals surface area contributed by atoms with Crippen molar-refractivity contribution >= 4 is 15.9 Å². The number of rotatable bonds is 3. The highest BCUT2D eigenvalue weighted by molar-refractivity contribution is 9.10. The Balaban J connectivity index is 2.00. The first-order valence-corrected chi connectivity index (χ1v) is 6.74. The molecule has 0 amide bonds. The van der Waals surface area contributed by atoms with E-state index in [-0.39, 0.29) is 11.9 Å². The van der Waals surface area contributed by atoms with Crippen LogP contribution in [0.2, 0.25) is 0 Å². The number of ether oxygens (including phenoxy) is 1. The van der Waals surface area contributed by atoms with Crippen molar-refractivity contribution in [2.24, 2.45) is 11.7 Å². The molecular weight excluding hydrogens is 285 g/mol.